The van der Waals surface area contributed by atoms with Gasteiger partial charge in [0.15, 0.2) is 0 Å². The Labute approximate surface area is 120 Å². The molecule has 3 heteroatoms. The molecule has 0 aromatic heterocycles. The molecular formula is C16H34O3. The van der Waals surface area contributed by atoms with E-state index in [9.17, 15) is 4.79 Å². The van der Waals surface area contributed by atoms with Crippen molar-refractivity contribution in [2.24, 2.45) is 23.7 Å². The second-order valence-electron chi connectivity index (χ2n) is 6.50. The first-order valence-electron chi connectivity index (χ1n) is 7.41. The van der Waals surface area contributed by atoms with Crippen molar-refractivity contribution >= 4 is 5.97 Å². The molecule has 0 spiro atoms. The van der Waals surface area contributed by atoms with Gasteiger partial charge in [-0.05, 0) is 17.8 Å². The van der Waals surface area contributed by atoms with Crippen LogP contribution in [0.3, 0.4) is 0 Å². The molecule has 19 heavy (non-hydrogen) atoms. The second kappa shape index (κ2) is 12.5. The molecule has 0 aliphatic rings. The van der Waals surface area contributed by atoms with Crippen LogP contribution in [0.4, 0.5) is 0 Å². The first-order valence-corrected chi connectivity index (χ1v) is 7.41. The van der Waals surface area contributed by atoms with Crippen LogP contribution < -0.4 is 0 Å². The number of rotatable bonds is 7. The van der Waals surface area contributed by atoms with Gasteiger partial charge in [-0.15, -0.1) is 0 Å². The Bertz CT molecular complexity index is 200. The van der Waals surface area contributed by atoms with Crippen LogP contribution in [0.25, 0.3) is 0 Å². The minimum Gasteiger partial charge on any atom is -0.465 e. The fourth-order valence-electron chi connectivity index (χ4n) is 0.955. The van der Waals surface area contributed by atoms with Gasteiger partial charge in [0.1, 0.15) is 0 Å². The van der Waals surface area contributed by atoms with Crippen LogP contribution in [0.1, 0.15) is 55.4 Å². The Morgan fingerprint density at radius 1 is 0.737 bits per heavy atom. The van der Waals surface area contributed by atoms with Gasteiger partial charge in [0, 0.05) is 13.2 Å². The van der Waals surface area contributed by atoms with Crippen molar-refractivity contribution in [1.29, 1.82) is 0 Å². The van der Waals surface area contributed by atoms with Crippen molar-refractivity contribution in [3.8, 4) is 0 Å². The lowest BCUT2D eigenvalue weighted by molar-refractivity contribution is -0.148. The van der Waals surface area contributed by atoms with E-state index < -0.39 is 0 Å². The largest absolute Gasteiger partial charge is 0.465 e. The van der Waals surface area contributed by atoms with Gasteiger partial charge < -0.3 is 9.47 Å². The van der Waals surface area contributed by atoms with E-state index >= 15 is 0 Å². The van der Waals surface area contributed by atoms with Gasteiger partial charge in [0.25, 0.3) is 0 Å². The van der Waals surface area contributed by atoms with Crippen molar-refractivity contribution in [3.63, 3.8) is 0 Å². The molecule has 0 saturated carbocycles. The molecule has 0 aliphatic carbocycles. The average molecular weight is 274 g/mol. The Hall–Kier alpha value is -0.570. The van der Waals surface area contributed by atoms with Crippen LogP contribution in [-0.4, -0.2) is 25.8 Å². The molecule has 0 unspecified atom stereocenters. The normalized spacial score (nSPS) is 10.9. The minimum atomic E-state index is -0.103. The molecule has 0 aromatic carbocycles. The molecule has 0 rings (SSSR count). The summed E-state index contributed by atoms with van der Waals surface area (Å²) in [6.45, 7) is 18.7. The van der Waals surface area contributed by atoms with Crippen LogP contribution >= 0.6 is 0 Å². The summed E-state index contributed by atoms with van der Waals surface area (Å²) in [7, 11) is 0. The van der Waals surface area contributed by atoms with E-state index in [1.807, 2.05) is 27.7 Å². The third-order valence-corrected chi connectivity index (χ3v) is 1.93. The monoisotopic (exact) mass is 274 g/mol. The number of hydrogen-bond acceptors (Lipinski definition) is 3. The van der Waals surface area contributed by atoms with Crippen molar-refractivity contribution in [3.05, 3.63) is 0 Å². The predicted molar refractivity (Wildman–Crippen MR) is 81.1 cm³/mol. The standard InChI is InChI=1S/C8H16O2.C8H18O/c1-6(2)5-10-8(9)7(3)4;1-7(2)5-9-6-8(3)4/h6-7H,5H2,1-4H3;7-8H,5-6H2,1-4H3. The molecule has 0 N–H and O–H groups in total. The Morgan fingerprint density at radius 2 is 1.11 bits per heavy atom. The molecule has 3 nitrogen and oxygen atoms in total. The SMILES string of the molecule is CC(C)COC(=O)C(C)C.CC(C)COCC(C)C. The van der Waals surface area contributed by atoms with Crippen molar-refractivity contribution < 1.29 is 14.3 Å². The van der Waals surface area contributed by atoms with Crippen LogP contribution in [-0.2, 0) is 14.3 Å². The average Bonchev–Trinajstić information content (AvgIpc) is 2.25. The second-order valence-corrected chi connectivity index (χ2v) is 6.50. The van der Waals surface area contributed by atoms with Crippen LogP contribution in [0, 0.1) is 23.7 Å². The van der Waals surface area contributed by atoms with Crippen LogP contribution in [0.2, 0.25) is 0 Å². The highest BCUT2D eigenvalue weighted by atomic mass is 16.5. The topological polar surface area (TPSA) is 35.5 Å². The van der Waals surface area contributed by atoms with E-state index in [1.165, 1.54) is 0 Å². The van der Waals surface area contributed by atoms with Gasteiger partial charge >= 0.3 is 5.97 Å². The summed E-state index contributed by atoms with van der Waals surface area (Å²) in [5.41, 5.74) is 0. The molecular weight excluding hydrogens is 240 g/mol. The van der Waals surface area contributed by atoms with Gasteiger partial charge in [-0.1, -0.05) is 55.4 Å². The molecule has 0 amide bonds. The number of carbonyl (C=O) groups excluding carboxylic acids is 1. The highest BCUT2D eigenvalue weighted by Gasteiger charge is 2.07. The van der Waals surface area contributed by atoms with Gasteiger partial charge in [-0.2, -0.15) is 0 Å². The maximum atomic E-state index is 10.8. The number of ether oxygens (including phenoxy) is 2. The first-order chi connectivity index (χ1) is 8.66. The Balaban J connectivity index is 0. The number of hydrogen-bond donors (Lipinski definition) is 0. The highest BCUT2D eigenvalue weighted by Crippen LogP contribution is 1.99. The fraction of sp³-hybridized carbons (Fsp3) is 0.938. The molecule has 0 saturated heterocycles. The fourth-order valence-corrected chi connectivity index (χ4v) is 0.955. The van der Waals surface area contributed by atoms with E-state index in [2.05, 4.69) is 27.7 Å². The molecule has 0 atom stereocenters. The molecule has 116 valence electrons. The van der Waals surface area contributed by atoms with E-state index in [1.54, 1.807) is 0 Å². The van der Waals surface area contributed by atoms with Crippen LogP contribution in [0.15, 0.2) is 0 Å². The summed E-state index contributed by atoms with van der Waals surface area (Å²) in [6, 6.07) is 0. The van der Waals surface area contributed by atoms with Gasteiger partial charge in [-0.3, -0.25) is 4.79 Å². The van der Waals surface area contributed by atoms with Crippen molar-refractivity contribution in [1.82, 2.24) is 0 Å². The Kier molecular flexibility index (Phi) is 13.6. The number of carbonyl (C=O) groups is 1. The lowest BCUT2D eigenvalue weighted by Crippen LogP contribution is -2.14. The summed E-state index contributed by atoms with van der Waals surface area (Å²) in [5.74, 6) is 1.67. The Morgan fingerprint density at radius 3 is 1.37 bits per heavy atom. The summed E-state index contributed by atoms with van der Waals surface area (Å²) in [5, 5.41) is 0. The third kappa shape index (κ3) is 19.9. The molecule has 0 aliphatic heterocycles. The number of esters is 1. The highest BCUT2D eigenvalue weighted by molar-refractivity contribution is 5.71. The van der Waals surface area contributed by atoms with Crippen molar-refractivity contribution in [2.45, 2.75) is 55.4 Å². The smallest absolute Gasteiger partial charge is 0.308 e. The third-order valence-electron chi connectivity index (χ3n) is 1.93. The van der Waals surface area contributed by atoms with Gasteiger partial charge in [0.05, 0.1) is 12.5 Å². The van der Waals surface area contributed by atoms with E-state index in [0.717, 1.165) is 13.2 Å². The zero-order valence-corrected chi connectivity index (χ0v) is 14.2. The molecule has 0 aromatic rings. The zero-order chi connectivity index (χ0) is 15.4. The van der Waals surface area contributed by atoms with Gasteiger partial charge in [0.2, 0.25) is 0 Å². The summed E-state index contributed by atoms with van der Waals surface area (Å²) >= 11 is 0. The quantitative estimate of drug-likeness (QED) is 0.654. The molecule has 0 fully saturated rings. The first kappa shape index (κ1) is 20.7. The van der Waals surface area contributed by atoms with E-state index in [0.29, 0.717) is 24.4 Å². The summed E-state index contributed by atoms with van der Waals surface area (Å²) < 4.78 is 10.3. The minimum absolute atomic E-state index is 0.00116. The summed E-state index contributed by atoms with van der Waals surface area (Å²) in [4.78, 5) is 10.8. The maximum Gasteiger partial charge on any atom is 0.308 e. The van der Waals surface area contributed by atoms with Gasteiger partial charge in [-0.25, -0.2) is 0 Å². The lowest BCUT2D eigenvalue weighted by atomic mass is 10.2. The van der Waals surface area contributed by atoms with Crippen LogP contribution in [0.5, 0.6) is 0 Å². The van der Waals surface area contributed by atoms with E-state index in [-0.39, 0.29) is 11.9 Å². The van der Waals surface area contributed by atoms with Crippen molar-refractivity contribution in [2.75, 3.05) is 19.8 Å². The molecule has 0 radical (unpaired) electrons. The molecule has 0 heterocycles. The predicted octanol–water partition coefficient (Wildman–Crippen LogP) is 4.16. The molecule has 0 bridgehead atoms. The maximum absolute atomic E-state index is 10.8. The zero-order valence-electron chi connectivity index (χ0n) is 14.2. The lowest BCUT2D eigenvalue weighted by Gasteiger charge is -2.08. The van der Waals surface area contributed by atoms with E-state index in [4.69, 9.17) is 9.47 Å². The summed E-state index contributed by atoms with van der Waals surface area (Å²) in [6.07, 6.45) is 0.